The van der Waals surface area contributed by atoms with Crippen LogP contribution in [0.2, 0.25) is 0 Å². The van der Waals surface area contributed by atoms with Crippen LogP contribution in [-0.4, -0.2) is 0 Å². The fourth-order valence-electron chi connectivity index (χ4n) is 1.28. The first-order chi connectivity index (χ1) is 6.57. The minimum absolute atomic E-state index is 0.354. The summed E-state index contributed by atoms with van der Waals surface area (Å²) in [5.74, 6) is 0. The first-order valence-electron chi connectivity index (χ1n) is 4.05. The molecule has 2 rings (SSSR count). The lowest BCUT2D eigenvalue weighted by Crippen LogP contribution is -1.96. The molecule has 0 bridgehead atoms. The molecule has 0 fully saturated rings. The maximum absolute atomic E-state index is 3.49. The molecular formula is C11H6Br3. The number of hydrogen-bond donors (Lipinski definition) is 0. The van der Waals surface area contributed by atoms with Crippen LogP contribution in [0.15, 0.2) is 36.4 Å². The topological polar surface area (TPSA) is 0 Å². The summed E-state index contributed by atoms with van der Waals surface area (Å²) in [7, 11) is 0. The molecule has 2 aromatic rings. The van der Waals surface area contributed by atoms with E-state index >= 15 is 0 Å². The summed E-state index contributed by atoms with van der Waals surface area (Å²) in [6, 6.07) is 15.5. The molecule has 0 amide bonds. The molecule has 0 unspecified atom stereocenters. The van der Waals surface area contributed by atoms with Gasteiger partial charge in [-0.05, 0) is 34.5 Å². The van der Waals surface area contributed by atoms with Crippen molar-refractivity contribution < 1.29 is 0 Å². The van der Waals surface area contributed by atoms with Crippen molar-refractivity contribution in [3.63, 3.8) is 0 Å². The van der Waals surface area contributed by atoms with Gasteiger partial charge in [0.15, 0.2) is 2.14 Å². The molecule has 0 saturated heterocycles. The van der Waals surface area contributed by atoms with Gasteiger partial charge >= 0.3 is 0 Å². The van der Waals surface area contributed by atoms with E-state index < -0.39 is 0 Å². The first kappa shape index (κ1) is 10.7. The van der Waals surface area contributed by atoms with E-state index in [0.717, 1.165) is 10.9 Å². The van der Waals surface area contributed by atoms with Crippen LogP contribution in [0, 0.1) is 6.07 Å². The molecule has 0 aliphatic carbocycles. The fraction of sp³-hybridized carbons (Fsp3) is 0.0909. The average molecular weight is 378 g/mol. The molecule has 0 aliphatic rings. The summed E-state index contributed by atoms with van der Waals surface area (Å²) in [5, 5.41) is 2.32. The van der Waals surface area contributed by atoms with Gasteiger partial charge in [0.25, 0.3) is 0 Å². The van der Waals surface area contributed by atoms with Gasteiger partial charge in [0, 0.05) is 0 Å². The van der Waals surface area contributed by atoms with Crippen molar-refractivity contribution in [2.24, 2.45) is 0 Å². The van der Waals surface area contributed by atoms with E-state index in [1.807, 2.05) is 18.2 Å². The third-order valence-corrected chi connectivity index (χ3v) is 3.36. The quantitative estimate of drug-likeness (QED) is 0.571. The smallest absolute Gasteiger partial charge is 0.0616 e. The predicted octanol–water partition coefficient (Wildman–Crippen LogP) is 4.93. The van der Waals surface area contributed by atoms with E-state index in [2.05, 4.69) is 72.1 Å². The Labute approximate surface area is 108 Å². The summed E-state index contributed by atoms with van der Waals surface area (Å²) in [6.45, 7) is 0. The Kier molecular flexibility index (Phi) is 3.01. The highest BCUT2D eigenvalue weighted by atomic mass is 80.0. The number of halogens is 3. The lowest BCUT2D eigenvalue weighted by atomic mass is 10.1. The Balaban J connectivity index is 2.63. The van der Waals surface area contributed by atoms with Crippen molar-refractivity contribution in [1.29, 1.82) is 0 Å². The second-order valence-electron chi connectivity index (χ2n) is 2.97. The van der Waals surface area contributed by atoms with E-state index in [0.29, 0.717) is 0 Å². The van der Waals surface area contributed by atoms with Crippen LogP contribution in [0.4, 0.5) is 0 Å². The van der Waals surface area contributed by atoms with Gasteiger partial charge in [0.1, 0.15) is 0 Å². The van der Waals surface area contributed by atoms with Gasteiger partial charge in [0.2, 0.25) is 0 Å². The van der Waals surface area contributed by atoms with E-state index in [9.17, 15) is 0 Å². The molecule has 2 aromatic carbocycles. The zero-order valence-electron chi connectivity index (χ0n) is 7.10. The Morgan fingerprint density at radius 3 is 2.50 bits per heavy atom. The van der Waals surface area contributed by atoms with Gasteiger partial charge in [-0.25, -0.2) is 0 Å². The zero-order chi connectivity index (χ0) is 10.2. The molecule has 1 radical (unpaired) electrons. The van der Waals surface area contributed by atoms with Crippen molar-refractivity contribution in [2.75, 3.05) is 0 Å². The average Bonchev–Trinajstić information content (AvgIpc) is 2.16. The summed E-state index contributed by atoms with van der Waals surface area (Å²) in [6.07, 6.45) is 0. The van der Waals surface area contributed by atoms with Crippen molar-refractivity contribution in [3.05, 3.63) is 48.0 Å². The number of alkyl halides is 3. The molecule has 0 spiro atoms. The van der Waals surface area contributed by atoms with Crippen LogP contribution >= 0.6 is 47.8 Å². The minimum Gasteiger partial charge on any atom is -0.0616 e. The van der Waals surface area contributed by atoms with Gasteiger partial charge in [0.05, 0.1) is 0 Å². The van der Waals surface area contributed by atoms with E-state index in [4.69, 9.17) is 0 Å². The zero-order valence-corrected chi connectivity index (χ0v) is 11.9. The summed E-state index contributed by atoms with van der Waals surface area (Å²) in [4.78, 5) is 0. The van der Waals surface area contributed by atoms with Crippen molar-refractivity contribution in [1.82, 2.24) is 0 Å². The van der Waals surface area contributed by atoms with Crippen LogP contribution in [-0.2, 0) is 2.14 Å². The molecule has 0 aromatic heterocycles. The van der Waals surface area contributed by atoms with Crippen LogP contribution in [0.5, 0.6) is 0 Å². The highest BCUT2D eigenvalue weighted by molar-refractivity contribution is 9.38. The van der Waals surface area contributed by atoms with Crippen LogP contribution in [0.25, 0.3) is 10.8 Å². The molecule has 0 heterocycles. The second-order valence-corrected chi connectivity index (χ2v) is 9.73. The second kappa shape index (κ2) is 3.95. The van der Waals surface area contributed by atoms with Gasteiger partial charge in [-0.15, -0.1) is 0 Å². The Morgan fingerprint density at radius 1 is 1.07 bits per heavy atom. The number of hydrogen-bond acceptors (Lipinski definition) is 0. The molecule has 71 valence electrons. The Hall–Kier alpha value is 0.140. The molecule has 0 atom stereocenters. The largest absolute Gasteiger partial charge is 0.159 e. The SMILES string of the molecule is BrC(Br)(Br)c1c[c]c2ccccc2c1. The summed E-state index contributed by atoms with van der Waals surface area (Å²) < 4.78 is -0.354. The standard InChI is InChI=1S/C11H6Br3/c12-11(13,14)10-6-5-8-3-1-2-4-9(8)7-10/h1-4,6-7H. The van der Waals surface area contributed by atoms with Crippen molar-refractivity contribution in [3.8, 4) is 0 Å². The van der Waals surface area contributed by atoms with Gasteiger partial charge < -0.3 is 0 Å². The minimum atomic E-state index is -0.354. The fourth-order valence-corrected chi connectivity index (χ4v) is 1.97. The molecule has 0 N–H and O–H groups in total. The highest BCUT2D eigenvalue weighted by Gasteiger charge is 2.20. The van der Waals surface area contributed by atoms with Crippen molar-refractivity contribution in [2.45, 2.75) is 2.14 Å². The number of rotatable bonds is 0. The Morgan fingerprint density at radius 2 is 1.79 bits per heavy atom. The molecular weight excluding hydrogens is 372 g/mol. The summed E-state index contributed by atoms with van der Waals surface area (Å²) >= 11 is 10.5. The normalized spacial score (nSPS) is 11.9. The maximum atomic E-state index is 3.49. The van der Waals surface area contributed by atoms with E-state index in [-0.39, 0.29) is 2.14 Å². The van der Waals surface area contributed by atoms with E-state index in [1.54, 1.807) is 0 Å². The van der Waals surface area contributed by atoms with E-state index in [1.165, 1.54) is 5.39 Å². The third-order valence-electron chi connectivity index (χ3n) is 1.98. The van der Waals surface area contributed by atoms with Crippen LogP contribution in [0.3, 0.4) is 0 Å². The first-order valence-corrected chi connectivity index (χ1v) is 6.43. The molecule has 0 saturated carbocycles. The summed E-state index contributed by atoms with van der Waals surface area (Å²) in [5.41, 5.74) is 1.09. The highest BCUT2D eigenvalue weighted by Crippen LogP contribution is 2.44. The number of benzene rings is 2. The van der Waals surface area contributed by atoms with Gasteiger partial charge in [-0.2, -0.15) is 0 Å². The lowest BCUT2D eigenvalue weighted by molar-refractivity contribution is 1.39. The van der Waals surface area contributed by atoms with Crippen LogP contribution < -0.4 is 0 Å². The Bertz CT molecular complexity index is 457. The number of fused-ring (bicyclic) bond motifs is 1. The molecule has 0 aliphatic heterocycles. The molecule has 0 nitrogen and oxygen atoms in total. The predicted molar refractivity (Wildman–Crippen MR) is 71.2 cm³/mol. The lowest BCUT2D eigenvalue weighted by Gasteiger charge is -2.12. The monoisotopic (exact) mass is 375 g/mol. The van der Waals surface area contributed by atoms with Gasteiger partial charge in [-0.3, -0.25) is 0 Å². The third kappa shape index (κ3) is 2.20. The molecule has 3 heteroatoms. The van der Waals surface area contributed by atoms with Crippen LogP contribution in [0.1, 0.15) is 5.56 Å². The van der Waals surface area contributed by atoms with Crippen molar-refractivity contribution >= 4 is 58.6 Å². The van der Waals surface area contributed by atoms with Gasteiger partial charge in [-0.1, -0.05) is 72.1 Å². The maximum Gasteiger partial charge on any atom is 0.159 e. The molecule has 14 heavy (non-hydrogen) atoms.